The molecule has 0 saturated heterocycles. The van der Waals surface area contributed by atoms with Gasteiger partial charge >= 0.3 is 0 Å². The Hall–Kier alpha value is -1.58. The van der Waals surface area contributed by atoms with E-state index >= 15 is 0 Å². The SMILES string of the molecule is CC(O)(Cc1ccc(F)cc1Cl)c1ccc(O)cc1. The number of aliphatic hydroxyl groups is 1. The normalized spacial score (nSPS) is 14.1. The summed E-state index contributed by atoms with van der Waals surface area (Å²) in [5, 5.41) is 20.0. The van der Waals surface area contributed by atoms with Gasteiger partial charge in [-0.1, -0.05) is 29.8 Å². The molecule has 0 bridgehead atoms. The molecule has 19 heavy (non-hydrogen) atoms. The lowest BCUT2D eigenvalue weighted by Gasteiger charge is -2.24. The lowest BCUT2D eigenvalue weighted by molar-refractivity contribution is 0.0576. The standard InChI is InChI=1S/C15H14ClFO2/c1-15(19,11-3-6-13(18)7-4-11)9-10-2-5-12(17)8-14(10)16/h2-8,18-19H,9H2,1H3. The van der Waals surface area contributed by atoms with Crippen molar-refractivity contribution in [3.8, 4) is 5.75 Å². The number of phenols is 1. The summed E-state index contributed by atoms with van der Waals surface area (Å²) in [6.45, 7) is 1.65. The zero-order chi connectivity index (χ0) is 14.0. The summed E-state index contributed by atoms with van der Waals surface area (Å²) in [6.07, 6.45) is 0.261. The molecule has 100 valence electrons. The fraction of sp³-hybridized carbons (Fsp3) is 0.200. The predicted octanol–water partition coefficient (Wildman–Crippen LogP) is 3.63. The van der Waals surface area contributed by atoms with E-state index in [0.717, 1.165) is 0 Å². The molecule has 0 aliphatic heterocycles. The number of aromatic hydroxyl groups is 1. The maximum Gasteiger partial charge on any atom is 0.124 e. The van der Waals surface area contributed by atoms with E-state index in [1.54, 1.807) is 25.1 Å². The predicted molar refractivity (Wildman–Crippen MR) is 72.8 cm³/mol. The molecule has 1 atom stereocenters. The van der Waals surface area contributed by atoms with E-state index < -0.39 is 11.4 Å². The van der Waals surface area contributed by atoms with E-state index in [9.17, 15) is 14.6 Å². The van der Waals surface area contributed by atoms with Gasteiger partial charge in [-0.15, -0.1) is 0 Å². The number of halogens is 2. The van der Waals surface area contributed by atoms with Gasteiger partial charge in [-0.05, 0) is 42.3 Å². The summed E-state index contributed by atoms with van der Waals surface area (Å²) in [5.41, 5.74) is 0.182. The van der Waals surface area contributed by atoms with Crippen molar-refractivity contribution < 1.29 is 14.6 Å². The van der Waals surface area contributed by atoms with Crippen LogP contribution < -0.4 is 0 Å². The van der Waals surface area contributed by atoms with Crippen LogP contribution in [0.1, 0.15) is 18.1 Å². The fourth-order valence-electron chi connectivity index (χ4n) is 1.96. The Bertz CT molecular complexity index is 579. The summed E-state index contributed by atoms with van der Waals surface area (Å²) >= 11 is 5.96. The lowest BCUT2D eigenvalue weighted by atomic mass is 9.89. The van der Waals surface area contributed by atoms with Crippen LogP contribution in [0, 0.1) is 5.82 Å². The molecule has 1 unspecified atom stereocenters. The molecule has 0 aliphatic rings. The van der Waals surface area contributed by atoms with Crippen molar-refractivity contribution in [3.05, 3.63) is 64.4 Å². The first-order valence-electron chi connectivity index (χ1n) is 5.84. The van der Waals surface area contributed by atoms with Gasteiger partial charge in [0.05, 0.1) is 5.60 Å². The number of rotatable bonds is 3. The van der Waals surface area contributed by atoms with Crippen molar-refractivity contribution in [1.82, 2.24) is 0 Å². The van der Waals surface area contributed by atoms with Crippen molar-refractivity contribution in [2.75, 3.05) is 0 Å². The van der Waals surface area contributed by atoms with Crippen LogP contribution >= 0.6 is 11.6 Å². The van der Waals surface area contributed by atoms with Gasteiger partial charge in [0.25, 0.3) is 0 Å². The monoisotopic (exact) mass is 280 g/mol. The fourth-order valence-corrected chi connectivity index (χ4v) is 2.19. The van der Waals surface area contributed by atoms with Crippen molar-refractivity contribution in [3.63, 3.8) is 0 Å². The molecule has 0 spiro atoms. The third-order valence-corrected chi connectivity index (χ3v) is 3.39. The minimum atomic E-state index is -1.14. The average molecular weight is 281 g/mol. The molecule has 0 aromatic heterocycles. The Morgan fingerprint density at radius 1 is 1.16 bits per heavy atom. The van der Waals surface area contributed by atoms with E-state index in [1.807, 2.05) is 0 Å². The van der Waals surface area contributed by atoms with E-state index in [1.165, 1.54) is 24.3 Å². The lowest BCUT2D eigenvalue weighted by Crippen LogP contribution is -2.24. The van der Waals surface area contributed by atoms with Crippen LogP contribution in [-0.4, -0.2) is 10.2 Å². The van der Waals surface area contributed by atoms with Crippen LogP contribution in [0.2, 0.25) is 5.02 Å². The Morgan fingerprint density at radius 2 is 1.79 bits per heavy atom. The first kappa shape index (κ1) is 13.8. The number of benzene rings is 2. The quantitative estimate of drug-likeness (QED) is 0.901. The van der Waals surface area contributed by atoms with Crippen LogP contribution in [0.15, 0.2) is 42.5 Å². The second-order valence-electron chi connectivity index (χ2n) is 4.73. The van der Waals surface area contributed by atoms with Gasteiger partial charge in [-0.2, -0.15) is 0 Å². The highest BCUT2D eigenvalue weighted by molar-refractivity contribution is 6.31. The van der Waals surface area contributed by atoms with Crippen molar-refractivity contribution >= 4 is 11.6 Å². The van der Waals surface area contributed by atoms with Gasteiger partial charge in [0.1, 0.15) is 11.6 Å². The van der Waals surface area contributed by atoms with E-state index in [4.69, 9.17) is 11.6 Å². The smallest absolute Gasteiger partial charge is 0.124 e. The van der Waals surface area contributed by atoms with Gasteiger partial charge in [-0.3, -0.25) is 0 Å². The summed E-state index contributed by atoms with van der Waals surface area (Å²) in [4.78, 5) is 0. The van der Waals surface area contributed by atoms with E-state index in [-0.39, 0.29) is 12.2 Å². The molecule has 0 radical (unpaired) electrons. The largest absolute Gasteiger partial charge is 0.508 e. The molecular formula is C15H14ClFO2. The summed E-state index contributed by atoms with van der Waals surface area (Å²) < 4.78 is 13.0. The van der Waals surface area contributed by atoms with Crippen molar-refractivity contribution in [2.45, 2.75) is 18.9 Å². The molecule has 0 amide bonds. The number of phenolic OH excluding ortho intramolecular Hbond substituents is 1. The number of hydrogen-bond donors (Lipinski definition) is 2. The van der Waals surface area contributed by atoms with Crippen LogP contribution in [0.3, 0.4) is 0 Å². The summed E-state index contributed by atoms with van der Waals surface area (Å²) in [7, 11) is 0. The van der Waals surface area contributed by atoms with Gasteiger partial charge < -0.3 is 10.2 Å². The highest BCUT2D eigenvalue weighted by Crippen LogP contribution is 2.29. The third kappa shape index (κ3) is 3.25. The second-order valence-corrected chi connectivity index (χ2v) is 5.14. The molecular weight excluding hydrogens is 267 g/mol. The minimum absolute atomic E-state index is 0.138. The highest BCUT2D eigenvalue weighted by Gasteiger charge is 2.24. The molecule has 2 aromatic carbocycles. The average Bonchev–Trinajstić information content (AvgIpc) is 2.33. The molecule has 0 saturated carbocycles. The Kier molecular flexibility index (Phi) is 3.78. The summed E-state index contributed by atoms with van der Waals surface area (Å²) in [6, 6.07) is 10.4. The molecule has 2 nitrogen and oxygen atoms in total. The Morgan fingerprint density at radius 3 is 2.37 bits per heavy atom. The van der Waals surface area contributed by atoms with E-state index in [0.29, 0.717) is 16.1 Å². The first-order chi connectivity index (χ1) is 8.88. The maximum atomic E-state index is 13.0. The topological polar surface area (TPSA) is 40.5 Å². The Balaban J connectivity index is 2.27. The second kappa shape index (κ2) is 5.19. The molecule has 0 heterocycles. The summed E-state index contributed by atoms with van der Waals surface area (Å²) in [5.74, 6) is -0.266. The van der Waals surface area contributed by atoms with Crippen LogP contribution in [-0.2, 0) is 12.0 Å². The van der Waals surface area contributed by atoms with Crippen LogP contribution in [0.4, 0.5) is 4.39 Å². The molecule has 2 aromatic rings. The van der Waals surface area contributed by atoms with Crippen LogP contribution in [0.5, 0.6) is 5.75 Å². The van der Waals surface area contributed by atoms with Gasteiger partial charge in [0.15, 0.2) is 0 Å². The van der Waals surface area contributed by atoms with Gasteiger partial charge in [-0.25, -0.2) is 4.39 Å². The third-order valence-electron chi connectivity index (χ3n) is 3.04. The van der Waals surface area contributed by atoms with Gasteiger partial charge in [0, 0.05) is 11.4 Å². The first-order valence-corrected chi connectivity index (χ1v) is 6.22. The van der Waals surface area contributed by atoms with Crippen LogP contribution in [0.25, 0.3) is 0 Å². The zero-order valence-electron chi connectivity index (χ0n) is 10.4. The Labute approximate surface area is 116 Å². The van der Waals surface area contributed by atoms with E-state index in [2.05, 4.69) is 0 Å². The molecule has 0 aliphatic carbocycles. The number of hydrogen-bond acceptors (Lipinski definition) is 2. The zero-order valence-corrected chi connectivity index (χ0v) is 11.2. The van der Waals surface area contributed by atoms with Crippen molar-refractivity contribution in [1.29, 1.82) is 0 Å². The molecule has 2 rings (SSSR count). The molecule has 0 fully saturated rings. The molecule has 4 heteroatoms. The highest BCUT2D eigenvalue weighted by atomic mass is 35.5. The van der Waals surface area contributed by atoms with Crippen molar-refractivity contribution in [2.24, 2.45) is 0 Å². The molecule has 2 N–H and O–H groups in total. The minimum Gasteiger partial charge on any atom is -0.508 e. The van der Waals surface area contributed by atoms with Gasteiger partial charge in [0.2, 0.25) is 0 Å². The maximum absolute atomic E-state index is 13.0.